The van der Waals surface area contributed by atoms with Crippen molar-refractivity contribution in [3.8, 4) is 5.75 Å². The number of benzene rings is 2. The van der Waals surface area contributed by atoms with Crippen molar-refractivity contribution < 1.29 is 4.74 Å². The first-order chi connectivity index (χ1) is 8.69. The van der Waals surface area contributed by atoms with Gasteiger partial charge in [0, 0.05) is 12.2 Å². The molecule has 2 nitrogen and oxygen atoms in total. The van der Waals surface area contributed by atoms with E-state index in [-0.39, 0.29) is 0 Å². The molecule has 0 aliphatic carbocycles. The zero-order chi connectivity index (χ0) is 13.0. The lowest BCUT2D eigenvalue weighted by atomic mass is 10.1. The van der Waals surface area contributed by atoms with Crippen LogP contribution in [0.25, 0.3) is 0 Å². The van der Waals surface area contributed by atoms with E-state index in [0.717, 1.165) is 18.0 Å². The summed E-state index contributed by atoms with van der Waals surface area (Å²) in [6.45, 7) is 5.12. The van der Waals surface area contributed by atoms with Crippen LogP contribution in [0.2, 0.25) is 0 Å². The number of ether oxygens (including phenoxy) is 1. The van der Waals surface area contributed by atoms with Crippen molar-refractivity contribution in [2.45, 2.75) is 20.4 Å². The van der Waals surface area contributed by atoms with Crippen molar-refractivity contribution in [2.24, 2.45) is 0 Å². The highest BCUT2D eigenvalue weighted by atomic mass is 16.5. The normalized spacial score (nSPS) is 10.2. The van der Waals surface area contributed by atoms with Crippen LogP contribution in [0.1, 0.15) is 16.7 Å². The fourth-order valence-electron chi connectivity index (χ4n) is 1.83. The molecule has 2 rings (SSSR count). The Bertz CT molecular complexity index is 517. The first kappa shape index (κ1) is 12.5. The molecule has 0 aliphatic heterocycles. The molecule has 0 amide bonds. The molecule has 1 N–H and O–H groups in total. The Hall–Kier alpha value is -1.96. The van der Waals surface area contributed by atoms with Crippen molar-refractivity contribution in [1.29, 1.82) is 0 Å². The predicted octanol–water partition coefficient (Wildman–Crippen LogP) is 3.92. The van der Waals surface area contributed by atoms with Crippen LogP contribution in [0.15, 0.2) is 42.5 Å². The summed E-state index contributed by atoms with van der Waals surface area (Å²) >= 11 is 0. The Morgan fingerprint density at radius 1 is 0.944 bits per heavy atom. The van der Waals surface area contributed by atoms with Gasteiger partial charge in [0.15, 0.2) is 0 Å². The maximum atomic E-state index is 5.13. The van der Waals surface area contributed by atoms with E-state index in [1.807, 2.05) is 24.3 Å². The Kier molecular flexibility index (Phi) is 3.88. The molecule has 0 heterocycles. The maximum Gasteiger partial charge on any atom is 0.119 e. The van der Waals surface area contributed by atoms with Gasteiger partial charge in [-0.3, -0.25) is 0 Å². The molecule has 0 saturated heterocycles. The zero-order valence-electron chi connectivity index (χ0n) is 11.2. The Morgan fingerprint density at radius 3 is 2.28 bits per heavy atom. The second kappa shape index (κ2) is 5.58. The zero-order valence-corrected chi connectivity index (χ0v) is 11.2. The molecule has 2 aromatic rings. The van der Waals surface area contributed by atoms with Crippen LogP contribution in [0, 0.1) is 13.8 Å². The number of rotatable bonds is 4. The van der Waals surface area contributed by atoms with Gasteiger partial charge in [0.05, 0.1) is 7.11 Å². The highest BCUT2D eigenvalue weighted by Crippen LogP contribution is 2.16. The van der Waals surface area contributed by atoms with E-state index in [9.17, 15) is 0 Å². The Balaban J connectivity index is 1.99. The van der Waals surface area contributed by atoms with Crippen LogP contribution >= 0.6 is 0 Å². The van der Waals surface area contributed by atoms with E-state index in [2.05, 4.69) is 37.4 Å². The van der Waals surface area contributed by atoms with Gasteiger partial charge < -0.3 is 10.1 Å². The molecule has 94 valence electrons. The molecular weight excluding hydrogens is 222 g/mol. The molecule has 2 heteroatoms. The summed E-state index contributed by atoms with van der Waals surface area (Å²) in [6.07, 6.45) is 0. The summed E-state index contributed by atoms with van der Waals surface area (Å²) in [5.74, 6) is 0.881. The van der Waals surface area contributed by atoms with Crippen LogP contribution in [-0.4, -0.2) is 7.11 Å². The molecule has 2 aromatic carbocycles. The lowest BCUT2D eigenvalue weighted by Crippen LogP contribution is -2.00. The average Bonchev–Trinajstić information content (AvgIpc) is 2.41. The third kappa shape index (κ3) is 3.04. The quantitative estimate of drug-likeness (QED) is 0.875. The second-order valence-electron chi connectivity index (χ2n) is 4.50. The van der Waals surface area contributed by atoms with Crippen LogP contribution in [0.4, 0.5) is 5.69 Å². The van der Waals surface area contributed by atoms with Crippen molar-refractivity contribution in [3.63, 3.8) is 0 Å². The van der Waals surface area contributed by atoms with Gasteiger partial charge in [-0.15, -0.1) is 0 Å². The van der Waals surface area contributed by atoms with Crippen LogP contribution in [0.5, 0.6) is 5.75 Å². The number of methoxy groups -OCH3 is 1. The van der Waals surface area contributed by atoms with E-state index in [0.29, 0.717) is 0 Å². The van der Waals surface area contributed by atoms with Crippen molar-refractivity contribution >= 4 is 5.69 Å². The predicted molar refractivity (Wildman–Crippen MR) is 76.2 cm³/mol. The molecule has 0 unspecified atom stereocenters. The SMILES string of the molecule is COc1ccc(NCc2ccc(C)c(C)c2)cc1. The smallest absolute Gasteiger partial charge is 0.119 e. The highest BCUT2D eigenvalue weighted by molar-refractivity contribution is 5.47. The number of hydrogen-bond acceptors (Lipinski definition) is 2. The van der Waals surface area contributed by atoms with E-state index < -0.39 is 0 Å². The maximum absolute atomic E-state index is 5.13. The first-order valence-corrected chi connectivity index (χ1v) is 6.13. The van der Waals surface area contributed by atoms with Gasteiger partial charge in [0.1, 0.15) is 5.75 Å². The van der Waals surface area contributed by atoms with E-state index >= 15 is 0 Å². The van der Waals surface area contributed by atoms with E-state index in [4.69, 9.17) is 4.74 Å². The topological polar surface area (TPSA) is 21.3 Å². The van der Waals surface area contributed by atoms with Crippen molar-refractivity contribution in [2.75, 3.05) is 12.4 Å². The lowest BCUT2D eigenvalue weighted by Gasteiger charge is -2.09. The minimum Gasteiger partial charge on any atom is -0.497 e. The van der Waals surface area contributed by atoms with E-state index in [1.54, 1.807) is 7.11 Å². The number of hydrogen-bond donors (Lipinski definition) is 1. The van der Waals surface area contributed by atoms with Gasteiger partial charge in [0.25, 0.3) is 0 Å². The van der Waals surface area contributed by atoms with Crippen molar-refractivity contribution in [3.05, 3.63) is 59.2 Å². The molecule has 0 atom stereocenters. The molecular formula is C16H19NO. The summed E-state index contributed by atoms with van der Waals surface area (Å²) in [6, 6.07) is 14.5. The van der Waals surface area contributed by atoms with Crippen molar-refractivity contribution in [1.82, 2.24) is 0 Å². The monoisotopic (exact) mass is 241 g/mol. The summed E-state index contributed by atoms with van der Waals surface area (Å²) in [7, 11) is 1.68. The van der Waals surface area contributed by atoms with Crippen LogP contribution < -0.4 is 10.1 Å². The summed E-state index contributed by atoms with van der Waals surface area (Å²) in [5, 5.41) is 3.40. The molecule has 0 radical (unpaired) electrons. The summed E-state index contributed by atoms with van der Waals surface area (Å²) in [5.41, 5.74) is 5.08. The number of anilines is 1. The van der Waals surface area contributed by atoms with E-state index in [1.165, 1.54) is 16.7 Å². The average molecular weight is 241 g/mol. The van der Waals surface area contributed by atoms with Gasteiger partial charge in [-0.1, -0.05) is 18.2 Å². The minimum absolute atomic E-state index is 0.841. The van der Waals surface area contributed by atoms with Gasteiger partial charge in [0.2, 0.25) is 0 Å². The van der Waals surface area contributed by atoms with Gasteiger partial charge in [-0.05, 0) is 54.8 Å². The summed E-state index contributed by atoms with van der Waals surface area (Å²) < 4.78 is 5.13. The minimum atomic E-state index is 0.841. The van der Waals surface area contributed by atoms with Gasteiger partial charge in [-0.25, -0.2) is 0 Å². The van der Waals surface area contributed by atoms with Gasteiger partial charge >= 0.3 is 0 Å². The fourth-order valence-corrected chi connectivity index (χ4v) is 1.83. The molecule has 18 heavy (non-hydrogen) atoms. The second-order valence-corrected chi connectivity index (χ2v) is 4.50. The molecule has 0 fully saturated rings. The van der Waals surface area contributed by atoms with Crippen LogP contribution in [-0.2, 0) is 6.54 Å². The lowest BCUT2D eigenvalue weighted by molar-refractivity contribution is 0.415. The first-order valence-electron chi connectivity index (χ1n) is 6.13. The fraction of sp³-hybridized carbons (Fsp3) is 0.250. The molecule has 0 aromatic heterocycles. The number of aryl methyl sites for hydroxylation is 2. The number of nitrogens with one attached hydrogen (secondary N) is 1. The Morgan fingerprint density at radius 2 is 1.67 bits per heavy atom. The molecule has 0 bridgehead atoms. The Labute approximate surface area is 109 Å². The third-order valence-corrected chi connectivity index (χ3v) is 3.16. The standard InChI is InChI=1S/C16H19NO/c1-12-4-5-14(10-13(12)2)11-17-15-6-8-16(18-3)9-7-15/h4-10,17H,11H2,1-3H3. The third-order valence-electron chi connectivity index (χ3n) is 3.16. The van der Waals surface area contributed by atoms with Gasteiger partial charge in [-0.2, -0.15) is 0 Å². The molecule has 0 spiro atoms. The molecule has 0 aliphatic rings. The molecule has 0 saturated carbocycles. The highest BCUT2D eigenvalue weighted by Gasteiger charge is 1.97. The van der Waals surface area contributed by atoms with Crippen LogP contribution in [0.3, 0.4) is 0 Å². The largest absolute Gasteiger partial charge is 0.497 e. The summed E-state index contributed by atoms with van der Waals surface area (Å²) in [4.78, 5) is 0.